The zero-order valence-corrected chi connectivity index (χ0v) is 20.6. The summed E-state index contributed by atoms with van der Waals surface area (Å²) in [6.45, 7) is 4.55. The topological polar surface area (TPSA) is 141 Å². The Morgan fingerprint density at radius 3 is 2.53 bits per heavy atom. The standard InChI is InChI=1S/C18H19FN4O2.C7H8O3S/c1-12-2-3-13(9-21-12)10-22-18-23-16-5-4-15(6-17(16)25-18)24-11-14(7-19)8-20;1-6-2-4-7(5-3-6)11(8,9)10/h2-7,9H,8,10-11,20H2,1H3,(H,22,23);2-5H,1H3,(H,8,9,10)/b14-7+;. The number of nitrogens with zero attached hydrogens (tertiary/aromatic N) is 2. The smallest absolute Gasteiger partial charge is 0.295 e. The molecule has 2 aromatic carbocycles. The summed E-state index contributed by atoms with van der Waals surface area (Å²) >= 11 is 0. The van der Waals surface area contributed by atoms with E-state index in [4.69, 9.17) is 19.4 Å². The lowest BCUT2D eigenvalue weighted by Gasteiger charge is -2.06. The van der Waals surface area contributed by atoms with Crippen LogP contribution in [0.1, 0.15) is 16.8 Å². The van der Waals surface area contributed by atoms with Crippen molar-refractivity contribution >= 4 is 27.2 Å². The van der Waals surface area contributed by atoms with Crippen LogP contribution in [0.5, 0.6) is 5.75 Å². The number of benzene rings is 2. The van der Waals surface area contributed by atoms with Gasteiger partial charge in [-0.15, -0.1) is 0 Å². The maximum absolute atomic E-state index is 12.5. The number of hydrogen-bond donors (Lipinski definition) is 3. The van der Waals surface area contributed by atoms with Crippen molar-refractivity contribution < 1.29 is 26.5 Å². The SMILES string of the molecule is Cc1ccc(CNc2nc3ccc(OC/C(=C/F)CN)cc3o2)cn1.Cc1ccc(S(=O)(=O)O)cc1. The third-order valence-corrected chi connectivity index (χ3v) is 5.80. The minimum Gasteiger partial charge on any atom is -0.489 e. The molecule has 0 aliphatic carbocycles. The minimum absolute atomic E-state index is 0.0666. The van der Waals surface area contributed by atoms with E-state index in [2.05, 4.69) is 15.3 Å². The molecule has 4 aromatic rings. The zero-order valence-electron chi connectivity index (χ0n) is 19.8. The fourth-order valence-corrected chi connectivity index (χ4v) is 3.35. The average molecular weight is 515 g/mol. The maximum atomic E-state index is 12.5. The number of aryl methyl sites for hydroxylation is 2. The molecule has 2 aromatic heterocycles. The molecule has 0 saturated heterocycles. The van der Waals surface area contributed by atoms with E-state index in [9.17, 15) is 12.8 Å². The first-order valence-electron chi connectivity index (χ1n) is 10.9. The van der Waals surface area contributed by atoms with Crippen LogP contribution in [-0.2, 0) is 16.7 Å². The molecule has 0 aliphatic heterocycles. The van der Waals surface area contributed by atoms with Crippen molar-refractivity contribution in [2.45, 2.75) is 25.3 Å². The number of aromatic nitrogens is 2. The van der Waals surface area contributed by atoms with E-state index in [0.29, 0.717) is 41.3 Å². The van der Waals surface area contributed by atoms with Crippen molar-refractivity contribution in [1.82, 2.24) is 9.97 Å². The molecule has 0 bridgehead atoms. The fraction of sp³-hybridized carbons (Fsp3) is 0.200. The van der Waals surface area contributed by atoms with Crippen molar-refractivity contribution in [3.8, 4) is 5.75 Å². The van der Waals surface area contributed by atoms with Crippen LogP contribution in [0.2, 0.25) is 0 Å². The lowest BCUT2D eigenvalue weighted by molar-refractivity contribution is 0.347. The molecular weight excluding hydrogens is 487 g/mol. The highest BCUT2D eigenvalue weighted by Crippen LogP contribution is 2.24. The van der Waals surface area contributed by atoms with Crippen molar-refractivity contribution in [1.29, 1.82) is 0 Å². The second kappa shape index (κ2) is 12.2. The summed E-state index contributed by atoms with van der Waals surface area (Å²) in [6.07, 6.45) is 2.28. The Balaban J connectivity index is 0.000000275. The number of nitrogens with two attached hydrogens (primary N) is 1. The van der Waals surface area contributed by atoms with Gasteiger partial charge in [-0.05, 0) is 49.7 Å². The van der Waals surface area contributed by atoms with Crippen LogP contribution in [0.15, 0.2) is 82.0 Å². The average Bonchev–Trinajstić information content (AvgIpc) is 3.27. The van der Waals surface area contributed by atoms with Gasteiger partial charge in [-0.2, -0.15) is 13.4 Å². The summed E-state index contributed by atoms with van der Waals surface area (Å²) in [5, 5.41) is 3.12. The number of fused-ring (bicyclic) bond motifs is 1. The number of oxazole rings is 1. The summed E-state index contributed by atoms with van der Waals surface area (Å²) in [5.74, 6) is 0.561. The van der Waals surface area contributed by atoms with E-state index in [1.54, 1.807) is 30.3 Å². The molecule has 0 fully saturated rings. The Bertz CT molecular complexity index is 1420. The molecule has 9 nitrogen and oxygen atoms in total. The molecular formula is C25H27FN4O5S. The molecule has 2 heterocycles. The molecule has 0 aliphatic rings. The van der Waals surface area contributed by atoms with E-state index in [1.807, 2.05) is 32.2 Å². The maximum Gasteiger partial charge on any atom is 0.295 e. The highest BCUT2D eigenvalue weighted by atomic mass is 32.2. The first kappa shape index (κ1) is 26.8. The van der Waals surface area contributed by atoms with Gasteiger partial charge in [0.05, 0.1) is 11.2 Å². The summed E-state index contributed by atoms with van der Waals surface area (Å²) < 4.78 is 53.2. The summed E-state index contributed by atoms with van der Waals surface area (Å²) in [4.78, 5) is 8.55. The first-order chi connectivity index (χ1) is 17.2. The van der Waals surface area contributed by atoms with E-state index in [-0.39, 0.29) is 18.0 Å². The van der Waals surface area contributed by atoms with E-state index < -0.39 is 10.1 Å². The number of pyridine rings is 1. The van der Waals surface area contributed by atoms with Crippen LogP contribution in [-0.4, -0.2) is 36.1 Å². The van der Waals surface area contributed by atoms with E-state index in [1.165, 1.54) is 12.1 Å². The molecule has 0 spiro atoms. The monoisotopic (exact) mass is 514 g/mol. The zero-order chi connectivity index (χ0) is 26.1. The van der Waals surface area contributed by atoms with Gasteiger partial charge < -0.3 is 20.2 Å². The van der Waals surface area contributed by atoms with Crippen LogP contribution >= 0.6 is 0 Å². The highest BCUT2D eigenvalue weighted by molar-refractivity contribution is 7.85. The molecule has 0 radical (unpaired) electrons. The predicted molar refractivity (Wildman–Crippen MR) is 135 cm³/mol. The second-order valence-corrected chi connectivity index (χ2v) is 9.28. The number of ether oxygens (including phenoxy) is 1. The van der Waals surface area contributed by atoms with Gasteiger partial charge in [0.15, 0.2) is 5.58 Å². The number of hydrogen-bond acceptors (Lipinski definition) is 8. The van der Waals surface area contributed by atoms with Crippen LogP contribution in [0.4, 0.5) is 10.4 Å². The minimum atomic E-state index is -4.02. The Morgan fingerprint density at radius 1 is 1.17 bits per heavy atom. The predicted octanol–water partition coefficient (Wildman–Crippen LogP) is 4.58. The van der Waals surface area contributed by atoms with Gasteiger partial charge in [0, 0.05) is 36.6 Å². The van der Waals surface area contributed by atoms with Gasteiger partial charge in [-0.25, -0.2) is 4.39 Å². The number of anilines is 1. The van der Waals surface area contributed by atoms with Crippen molar-refractivity contribution in [3.63, 3.8) is 0 Å². The van der Waals surface area contributed by atoms with Crippen LogP contribution in [0, 0.1) is 13.8 Å². The lowest BCUT2D eigenvalue weighted by atomic mass is 10.2. The van der Waals surface area contributed by atoms with E-state index >= 15 is 0 Å². The van der Waals surface area contributed by atoms with Gasteiger partial charge in [0.2, 0.25) is 0 Å². The summed E-state index contributed by atoms with van der Waals surface area (Å²) in [7, 11) is -4.02. The number of nitrogens with one attached hydrogen (secondary N) is 1. The molecule has 0 amide bonds. The quantitative estimate of drug-likeness (QED) is 0.288. The molecule has 0 unspecified atom stereocenters. The largest absolute Gasteiger partial charge is 0.489 e. The molecule has 36 heavy (non-hydrogen) atoms. The van der Waals surface area contributed by atoms with Gasteiger partial charge in [-0.3, -0.25) is 9.54 Å². The Hall–Kier alpha value is -3.80. The van der Waals surface area contributed by atoms with Crippen molar-refractivity contribution in [2.24, 2.45) is 5.73 Å². The van der Waals surface area contributed by atoms with E-state index in [0.717, 1.165) is 16.8 Å². The number of rotatable bonds is 8. The van der Waals surface area contributed by atoms with Gasteiger partial charge in [-0.1, -0.05) is 23.8 Å². The molecule has 0 saturated carbocycles. The molecule has 190 valence electrons. The molecule has 11 heteroatoms. The van der Waals surface area contributed by atoms with Crippen LogP contribution < -0.4 is 15.8 Å². The van der Waals surface area contributed by atoms with Crippen LogP contribution in [0.3, 0.4) is 0 Å². The highest BCUT2D eigenvalue weighted by Gasteiger charge is 2.08. The lowest BCUT2D eigenvalue weighted by Crippen LogP contribution is -2.10. The van der Waals surface area contributed by atoms with Crippen molar-refractivity contribution in [3.05, 3.63) is 89.5 Å². The Kier molecular flexibility index (Phi) is 9.12. The second-order valence-electron chi connectivity index (χ2n) is 7.86. The normalized spacial score (nSPS) is 11.6. The first-order valence-corrected chi connectivity index (χ1v) is 12.3. The summed E-state index contributed by atoms with van der Waals surface area (Å²) in [5.41, 5.74) is 10.0. The van der Waals surface area contributed by atoms with Gasteiger partial charge in [0.25, 0.3) is 16.1 Å². The Morgan fingerprint density at radius 2 is 1.92 bits per heavy atom. The third-order valence-electron chi connectivity index (χ3n) is 4.94. The number of halogens is 1. The Labute approximate surface area is 208 Å². The molecule has 4 rings (SSSR count). The molecule has 4 N–H and O–H groups in total. The van der Waals surface area contributed by atoms with Gasteiger partial charge in [0.1, 0.15) is 17.9 Å². The van der Waals surface area contributed by atoms with Gasteiger partial charge >= 0.3 is 0 Å². The van der Waals surface area contributed by atoms with Crippen LogP contribution in [0.25, 0.3) is 11.1 Å². The summed E-state index contributed by atoms with van der Waals surface area (Å²) in [6, 6.07) is 15.6. The third kappa shape index (κ3) is 7.87. The van der Waals surface area contributed by atoms with Crippen molar-refractivity contribution in [2.75, 3.05) is 18.5 Å². The molecule has 0 atom stereocenters. The fourth-order valence-electron chi connectivity index (χ4n) is 2.87.